The van der Waals surface area contributed by atoms with Gasteiger partial charge in [-0.15, -0.1) is 0 Å². The first kappa shape index (κ1) is 22.4. The Hall–Kier alpha value is -2.33. The number of benzene rings is 2. The Morgan fingerprint density at radius 2 is 1.63 bits per heavy atom. The number of hydrogen-bond donors (Lipinski definition) is 1. The lowest BCUT2D eigenvalue weighted by Crippen LogP contribution is -2.41. The van der Waals surface area contributed by atoms with E-state index in [9.17, 15) is 4.79 Å². The number of piperidine rings is 1. The van der Waals surface area contributed by atoms with Gasteiger partial charge in [0.2, 0.25) is 0 Å². The Balaban J connectivity index is 1.60. The van der Waals surface area contributed by atoms with Crippen molar-refractivity contribution in [3.63, 3.8) is 0 Å². The quantitative estimate of drug-likeness (QED) is 0.657. The maximum absolute atomic E-state index is 12.5. The molecule has 1 saturated heterocycles. The summed E-state index contributed by atoms with van der Waals surface area (Å²) in [7, 11) is 0. The van der Waals surface area contributed by atoms with Crippen LogP contribution >= 0.6 is 0 Å². The number of amides is 1. The van der Waals surface area contributed by atoms with Crippen LogP contribution in [0.4, 0.5) is 0 Å². The van der Waals surface area contributed by atoms with Gasteiger partial charge in [-0.1, -0.05) is 50.6 Å². The number of likely N-dealkylation sites (tertiary alicyclic amines) is 1. The highest BCUT2D eigenvalue weighted by Crippen LogP contribution is 2.26. The van der Waals surface area contributed by atoms with Gasteiger partial charge in [-0.3, -0.25) is 9.69 Å². The number of carbonyl (C=O) groups is 1. The van der Waals surface area contributed by atoms with Crippen LogP contribution in [-0.4, -0.2) is 37.0 Å². The van der Waals surface area contributed by atoms with E-state index < -0.39 is 0 Å². The summed E-state index contributed by atoms with van der Waals surface area (Å²) < 4.78 is 5.70. The molecule has 0 aliphatic carbocycles. The SMILES string of the molecule is Cc1ccc(OCC(=O)NCC(c2ccc(C(C)C)cc2)N2CCCCC2)cc1C. The fraction of sp³-hybridized carbons (Fsp3) is 0.500. The van der Waals surface area contributed by atoms with E-state index in [0.29, 0.717) is 12.5 Å². The molecule has 1 aliphatic rings. The van der Waals surface area contributed by atoms with Crippen LogP contribution in [0.15, 0.2) is 42.5 Å². The summed E-state index contributed by atoms with van der Waals surface area (Å²) in [5, 5.41) is 3.11. The van der Waals surface area contributed by atoms with Crippen LogP contribution in [0.2, 0.25) is 0 Å². The highest BCUT2D eigenvalue weighted by atomic mass is 16.5. The highest BCUT2D eigenvalue weighted by molar-refractivity contribution is 5.77. The largest absolute Gasteiger partial charge is 0.484 e. The lowest BCUT2D eigenvalue weighted by Gasteiger charge is -2.35. The van der Waals surface area contributed by atoms with Gasteiger partial charge < -0.3 is 10.1 Å². The Bertz CT molecular complexity index is 823. The van der Waals surface area contributed by atoms with E-state index in [0.717, 1.165) is 18.8 Å². The number of ether oxygens (including phenoxy) is 1. The second-order valence-electron chi connectivity index (χ2n) is 8.77. The molecule has 0 bridgehead atoms. The van der Waals surface area contributed by atoms with E-state index in [1.54, 1.807) is 0 Å². The van der Waals surface area contributed by atoms with Gasteiger partial charge in [-0.05, 0) is 80.1 Å². The fourth-order valence-electron chi connectivity index (χ4n) is 4.00. The lowest BCUT2D eigenvalue weighted by molar-refractivity contribution is -0.123. The number of hydrogen-bond acceptors (Lipinski definition) is 3. The first-order valence-electron chi connectivity index (χ1n) is 11.2. The van der Waals surface area contributed by atoms with Crippen LogP contribution in [0.1, 0.15) is 67.3 Å². The van der Waals surface area contributed by atoms with E-state index in [1.165, 1.54) is 41.5 Å². The molecule has 0 saturated carbocycles. The molecule has 2 aromatic rings. The zero-order valence-electron chi connectivity index (χ0n) is 18.9. The van der Waals surface area contributed by atoms with Gasteiger partial charge in [0.25, 0.3) is 5.91 Å². The van der Waals surface area contributed by atoms with E-state index >= 15 is 0 Å². The van der Waals surface area contributed by atoms with Crippen molar-refractivity contribution in [3.05, 3.63) is 64.7 Å². The predicted octanol–water partition coefficient (Wildman–Crippen LogP) is 5.15. The normalized spacial score (nSPS) is 15.8. The van der Waals surface area contributed by atoms with Crippen molar-refractivity contribution >= 4 is 5.91 Å². The van der Waals surface area contributed by atoms with Crippen molar-refractivity contribution in [3.8, 4) is 5.75 Å². The van der Waals surface area contributed by atoms with E-state index in [-0.39, 0.29) is 18.6 Å². The monoisotopic (exact) mass is 408 g/mol. The molecule has 4 heteroatoms. The van der Waals surface area contributed by atoms with Crippen LogP contribution in [-0.2, 0) is 4.79 Å². The van der Waals surface area contributed by atoms with Crippen LogP contribution in [0.25, 0.3) is 0 Å². The molecule has 1 aliphatic heterocycles. The summed E-state index contributed by atoms with van der Waals surface area (Å²) in [6.07, 6.45) is 3.75. The molecule has 162 valence electrons. The van der Waals surface area contributed by atoms with Crippen molar-refractivity contribution in [1.29, 1.82) is 0 Å². The third kappa shape index (κ3) is 6.09. The molecular formula is C26H36N2O2. The van der Waals surface area contributed by atoms with Crippen LogP contribution in [0.5, 0.6) is 5.75 Å². The molecule has 30 heavy (non-hydrogen) atoms. The van der Waals surface area contributed by atoms with E-state index in [2.05, 4.69) is 62.2 Å². The molecule has 0 aromatic heterocycles. The molecule has 4 nitrogen and oxygen atoms in total. The Morgan fingerprint density at radius 1 is 0.967 bits per heavy atom. The zero-order valence-corrected chi connectivity index (χ0v) is 18.9. The molecule has 0 spiro atoms. The second kappa shape index (κ2) is 10.6. The topological polar surface area (TPSA) is 41.6 Å². The summed E-state index contributed by atoms with van der Waals surface area (Å²) in [4.78, 5) is 15.0. The van der Waals surface area contributed by atoms with Crippen molar-refractivity contribution < 1.29 is 9.53 Å². The summed E-state index contributed by atoms with van der Waals surface area (Å²) >= 11 is 0. The standard InChI is InChI=1S/C26H36N2O2/c1-19(2)22-9-11-23(12-10-22)25(28-14-6-5-7-15-28)17-27-26(29)18-30-24-13-8-20(3)21(4)16-24/h8-13,16,19,25H,5-7,14-15,17-18H2,1-4H3,(H,27,29). The van der Waals surface area contributed by atoms with Crippen LogP contribution in [0.3, 0.4) is 0 Å². The van der Waals surface area contributed by atoms with Gasteiger partial charge in [0.15, 0.2) is 6.61 Å². The molecule has 0 radical (unpaired) electrons. The van der Waals surface area contributed by atoms with Crippen molar-refractivity contribution in [2.75, 3.05) is 26.2 Å². The van der Waals surface area contributed by atoms with Gasteiger partial charge in [-0.2, -0.15) is 0 Å². The minimum atomic E-state index is -0.0750. The molecular weight excluding hydrogens is 372 g/mol. The van der Waals surface area contributed by atoms with Gasteiger partial charge in [0, 0.05) is 6.54 Å². The Kier molecular flexibility index (Phi) is 7.92. The first-order chi connectivity index (χ1) is 14.4. The predicted molar refractivity (Wildman–Crippen MR) is 123 cm³/mol. The van der Waals surface area contributed by atoms with Crippen molar-refractivity contribution in [2.45, 2.75) is 58.9 Å². The second-order valence-corrected chi connectivity index (χ2v) is 8.77. The fourth-order valence-corrected chi connectivity index (χ4v) is 4.00. The maximum atomic E-state index is 12.5. The van der Waals surface area contributed by atoms with Crippen molar-refractivity contribution in [2.24, 2.45) is 0 Å². The molecule has 1 amide bonds. The molecule has 3 rings (SSSR count). The number of nitrogens with one attached hydrogen (secondary N) is 1. The Labute approximate surface area is 181 Å². The summed E-state index contributed by atoms with van der Waals surface area (Å²) in [6.45, 7) is 11.4. The molecule has 1 heterocycles. The average Bonchev–Trinajstić information content (AvgIpc) is 2.76. The van der Waals surface area contributed by atoms with Crippen LogP contribution in [0, 0.1) is 13.8 Å². The van der Waals surface area contributed by atoms with E-state index in [1.807, 2.05) is 18.2 Å². The molecule has 1 unspecified atom stereocenters. The van der Waals surface area contributed by atoms with Gasteiger partial charge in [-0.25, -0.2) is 0 Å². The van der Waals surface area contributed by atoms with Crippen molar-refractivity contribution in [1.82, 2.24) is 10.2 Å². The smallest absolute Gasteiger partial charge is 0.258 e. The number of nitrogens with zero attached hydrogens (tertiary/aromatic N) is 1. The minimum Gasteiger partial charge on any atom is -0.484 e. The van der Waals surface area contributed by atoms with Gasteiger partial charge >= 0.3 is 0 Å². The number of aryl methyl sites for hydroxylation is 2. The van der Waals surface area contributed by atoms with Gasteiger partial charge in [0.1, 0.15) is 5.75 Å². The van der Waals surface area contributed by atoms with Gasteiger partial charge in [0.05, 0.1) is 6.04 Å². The summed E-state index contributed by atoms with van der Waals surface area (Å²) in [5.41, 5.74) is 5.02. The zero-order chi connectivity index (χ0) is 21.5. The van der Waals surface area contributed by atoms with E-state index in [4.69, 9.17) is 4.74 Å². The first-order valence-corrected chi connectivity index (χ1v) is 11.2. The average molecular weight is 409 g/mol. The number of rotatable bonds is 8. The summed E-state index contributed by atoms with van der Waals surface area (Å²) in [5.74, 6) is 1.19. The lowest BCUT2D eigenvalue weighted by atomic mass is 9.97. The third-order valence-corrected chi connectivity index (χ3v) is 6.16. The molecule has 1 atom stereocenters. The maximum Gasteiger partial charge on any atom is 0.258 e. The molecule has 2 aromatic carbocycles. The Morgan fingerprint density at radius 3 is 2.27 bits per heavy atom. The molecule has 1 N–H and O–H groups in total. The molecule has 1 fully saturated rings. The number of carbonyl (C=O) groups excluding carboxylic acids is 1. The summed E-state index contributed by atoms with van der Waals surface area (Å²) in [6, 6.07) is 15.0. The highest BCUT2D eigenvalue weighted by Gasteiger charge is 2.23. The minimum absolute atomic E-state index is 0.0432. The third-order valence-electron chi connectivity index (χ3n) is 6.16. The van der Waals surface area contributed by atoms with Crippen LogP contribution < -0.4 is 10.1 Å².